The van der Waals surface area contributed by atoms with Crippen molar-refractivity contribution in [1.82, 2.24) is 0 Å². The van der Waals surface area contributed by atoms with Gasteiger partial charge in [-0.3, -0.25) is 0 Å². The van der Waals surface area contributed by atoms with Crippen LogP contribution in [0, 0.1) is 0 Å². The number of rotatable bonds is 12. The molecule has 3 atom stereocenters. The Morgan fingerprint density at radius 1 is 0.536 bits per heavy atom. The second-order valence-electron chi connectivity index (χ2n) is 11.4. The molecule has 1 aliphatic carbocycles. The number of aromatic carboxylic acids is 6. The molecular formula is C30H16F12O14. The average Bonchev–Trinajstić information content (AvgIpc) is 3.04. The van der Waals surface area contributed by atoms with Crippen LogP contribution in [0.15, 0.2) is 42.0 Å². The molecule has 0 amide bonds. The van der Waals surface area contributed by atoms with E-state index in [0.717, 1.165) is 0 Å². The summed E-state index contributed by atoms with van der Waals surface area (Å²) >= 11 is 0. The molecule has 56 heavy (non-hydrogen) atoms. The molecule has 0 saturated carbocycles. The summed E-state index contributed by atoms with van der Waals surface area (Å²) in [5.41, 5.74) is -27.9. The van der Waals surface area contributed by atoms with Crippen LogP contribution in [-0.2, 0) is 5.41 Å². The second kappa shape index (κ2) is 13.5. The normalized spacial score (nSPS) is 18.8. The Balaban J connectivity index is 3.02. The third-order valence-corrected chi connectivity index (χ3v) is 8.28. The van der Waals surface area contributed by atoms with Crippen LogP contribution in [0.3, 0.4) is 0 Å². The Morgan fingerprint density at radius 2 is 0.946 bits per heavy atom. The Hall–Kier alpha value is -6.18. The molecule has 0 spiro atoms. The molecule has 0 aliphatic heterocycles. The number of halogens is 12. The lowest BCUT2D eigenvalue weighted by atomic mass is 9.58. The molecule has 8 N–H and O–H groups in total. The topological polar surface area (TPSA) is 264 Å². The predicted octanol–water partition coefficient (Wildman–Crippen LogP) is 5.24. The smallest absolute Gasteiger partial charge is 0.455 e. The molecule has 14 nitrogen and oxygen atoms in total. The number of alkyl halides is 12. The maximum Gasteiger partial charge on any atom is 0.455 e. The van der Waals surface area contributed by atoms with Crippen molar-refractivity contribution < 1.29 is 122 Å². The zero-order chi connectivity index (χ0) is 43.7. The minimum Gasteiger partial charge on any atom is -0.478 e. The van der Waals surface area contributed by atoms with Crippen molar-refractivity contribution in [2.75, 3.05) is 0 Å². The van der Waals surface area contributed by atoms with Gasteiger partial charge in [0.15, 0.2) is 0 Å². The van der Waals surface area contributed by atoms with Crippen molar-refractivity contribution in [3.05, 3.63) is 86.5 Å². The summed E-state index contributed by atoms with van der Waals surface area (Å²) in [6, 6.07) is -1.26. The molecule has 0 saturated heterocycles. The zero-order valence-corrected chi connectivity index (χ0v) is 26.2. The number of carboxylic acid groups (broad SMARTS) is 6. The van der Waals surface area contributed by atoms with Crippen LogP contribution < -0.4 is 0 Å². The largest absolute Gasteiger partial charge is 0.478 e. The summed E-state index contributed by atoms with van der Waals surface area (Å²) in [6.45, 7) is 0. The molecule has 3 unspecified atom stereocenters. The fraction of sp³-hybridized carbons (Fsp3) is 0.267. The van der Waals surface area contributed by atoms with Gasteiger partial charge >= 0.3 is 71.7 Å². The van der Waals surface area contributed by atoms with E-state index in [9.17, 15) is 100 Å². The number of benzene rings is 2. The van der Waals surface area contributed by atoms with Crippen molar-refractivity contribution in [3.8, 4) is 0 Å². The Labute approximate surface area is 298 Å². The van der Waals surface area contributed by atoms with Crippen LogP contribution in [0.2, 0.25) is 0 Å². The third-order valence-electron chi connectivity index (χ3n) is 8.28. The van der Waals surface area contributed by atoms with Gasteiger partial charge in [0.2, 0.25) is 0 Å². The van der Waals surface area contributed by atoms with E-state index in [0.29, 0.717) is 0 Å². The summed E-state index contributed by atoms with van der Waals surface area (Å²) < 4.78 is 177. The quantitative estimate of drug-likeness (QED) is 0.127. The molecule has 2 aromatic rings. The van der Waals surface area contributed by atoms with Crippen LogP contribution in [-0.4, -0.2) is 113 Å². The number of aliphatic hydroxyl groups is 2. The maximum absolute atomic E-state index is 16.9. The first-order valence-electron chi connectivity index (χ1n) is 14.0. The van der Waals surface area contributed by atoms with E-state index in [1.807, 2.05) is 0 Å². The standard InChI is InChI=1S/C30H16F12O14/c31-25(32,27(35,55)29(37,38)39)10-1-2-24(26(33,34)28(36,56)30(40,41)42,15-6-9(19(45)46)5-13(21(49)50)17(15)23(53)54)14(7-10)11-3-8(18(43)44)4-12(20(47)48)16(11)22(51)52/h1,3-7,55-56H,2H2,(H,43,44)(H,45,46)(H,47,48)(H,49,50)(H,51,52)(H,53,54). The Kier molecular flexibility index (Phi) is 10.7. The monoisotopic (exact) mass is 828 g/mol. The molecule has 0 heterocycles. The lowest BCUT2D eigenvalue weighted by Crippen LogP contribution is -2.66. The van der Waals surface area contributed by atoms with Crippen molar-refractivity contribution in [2.45, 2.75) is 47.7 Å². The molecule has 0 aromatic heterocycles. The number of hydrogen-bond acceptors (Lipinski definition) is 8. The third kappa shape index (κ3) is 6.52. The fourth-order valence-electron chi connectivity index (χ4n) is 5.67. The highest BCUT2D eigenvalue weighted by Crippen LogP contribution is 2.63. The van der Waals surface area contributed by atoms with Crippen molar-refractivity contribution >= 4 is 41.4 Å². The number of hydrogen-bond donors (Lipinski definition) is 8. The van der Waals surface area contributed by atoms with Gasteiger partial charge in [0.1, 0.15) is 0 Å². The molecule has 0 bridgehead atoms. The summed E-state index contributed by atoms with van der Waals surface area (Å²) in [6.07, 6.45) is -19.5. The van der Waals surface area contributed by atoms with Crippen LogP contribution in [0.1, 0.15) is 79.7 Å². The van der Waals surface area contributed by atoms with Crippen LogP contribution in [0.4, 0.5) is 52.7 Å². The SMILES string of the molecule is O=C(O)c1cc(C(=O)O)c(C(=O)O)c(C2=CC(C(F)(F)C(O)(F)C(F)(F)F)=CCC2(c2cc(C(=O)O)cc(C(=O)O)c2C(=O)O)C(F)(F)C(O)(F)C(F)(F)F)c1. The predicted molar refractivity (Wildman–Crippen MR) is 151 cm³/mol. The van der Waals surface area contributed by atoms with Crippen molar-refractivity contribution in [3.63, 3.8) is 0 Å². The molecule has 26 heteroatoms. The highest BCUT2D eigenvalue weighted by Gasteiger charge is 2.80. The average molecular weight is 828 g/mol. The minimum absolute atomic E-state index is 0.145. The summed E-state index contributed by atoms with van der Waals surface area (Å²) in [4.78, 5) is 73.1. The van der Waals surface area contributed by atoms with E-state index < -0.39 is 163 Å². The number of carbonyl (C=O) groups is 6. The van der Waals surface area contributed by atoms with Crippen molar-refractivity contribution in [2.24, 2.45) is 0 Å². The zero-order valence-electron chi connectivity index (χ0n) is 26.2. The van der Waals surface area contributed by atoms with E-state index in [1.165, 1.54) is 0 Å². The molecular weight excluding hydrogens is 812 g/mol. The van der Waals surface area contributed by atoms with Gasteiger partial charge in [-0.25, -0.2) is 28.8 Å². The number of allylic oxidation sites excluding steroid dienone is 3. The fourth-order valence-corrected chi connectivity index (χ4v) is 5.67. The van der Waals surface area contributed by atoms with Gasteiger partial charge in [0.05, 0.1) is 38.8 Å². The lowest BCUT2D eigenvalue weighted by molar-refractivity contribution is -0.395. The Morgan fingerprint density at radius 3 is 1.32 bits per heavy atom. The van der Waals surface area contributed by atoms with E-state index >= 15 is 22.0 Å². The first-order chi connectivity index (χ1) is 25.1. The molecule has 3 rings (SSSR count). The molecule has 1 aliphatic rings. The molecule has 304 valence electrons. The molecule has 0 fully saturated rings. The van der Waals surface area contributed by atoms with E-state index in [2.05, 4.69) is 0 Å². The summed E-state index contributed by atoms with van der Waals surface area (Å²) in [5, 5.41) is 77.5. The summed E-state index contributed by atoms with van der Waals surface area (Å²) in [5.74, 6) is -43.9. The van der Waals surface area contributed by atoms with E-state index in [4.69, 9.17) is 0 Å². The minimum atomic E-state index is -7.40. The van der Waals surface area contributed by atoms with Gasteiger partial charge in [-0.2, -0.15) is 52.7 Å². The second-order valence-corrected chi connectivity index (χ2v) is 11.4. The van der Waals surface area contributed by atoms with Gasteiger partial charge in [0.25, 0.3) is 0 Å². The van der Waals surface area contributed by atoms with Gasteiger partial charge < -0.3 is 40.9 Å². The van der Waals surface area contributed by atoms with Gasteiger partial charge in [-0.1, -0.05) is 6.08 Å². The maximum atomic E-state index is 16.9. The van der Waals surface area contributed by atoms with Crippen LogP contribution >= 0.6 is 0 Å². The van der Waals surface area contributed by atoms with Gasteiger partial charge in [-0.15, -0.1) is 0 Å². The first-order valence-corrected chi connectivity index (χ1v) is 14.0. The molecule has 2 aromatic carbocycles. The van der Waals surface area contributed by atoms with E-state index in [1.54, 1.807) is 0 Å². The van der Waals surface area contributed by atoms with E-state index in [-0.39, 0.29) is 12.1 Å². The van der Waals surface area contributed by atoms with Crippen LogP contribution in [0.25, 0.3) is 5.57 Å². The van der Waals surface area contributed by atoms with Gasteiger partial charge in [-0.05, 0) is 53.5 Å². The highest BCUT2D eigenvalue weighted by atomic mass is 19.4. The Bertz CT molecular complexity index is 2150. The molecule has 0 radical (unpaired) electrons. The highest BCUT2D eigenvalue weighted by molar-refractivity contribution is 6.10. The summed E-state index contributed by atoms with van der Waals surface area (Å²) in [7, 11) is 0. The van der Waals surface area contributed by atoms with Crippen molar-refractivity contribution in [1.29, 1.82) is 0 Å². The van der Waals surface area contributed by atoms with Gasteiger partial charge in [0, 0.05) is 5.57 Å². The lowest BCUT2D eigenvalue weighted by Gasteiger charge is -2.49. The number of carboxylic acids is 6. The van der Waals surface area contributed by atoms with Crippen LogP contribution in [0.5, 0.6) is 0 Å². The first kappa shape index (κ1) is 44.2.